The third kappa shape index (κ3) is 2.69. The molecule has 3 nitrogen and oxygen atoms in total. The van der Waals surface area contributed by atoms with Crippen molar-refractivity contribution >= 4 is 33.5 Å². The van der Waals surface area contributed by atoms with E-state index in [9.17, 15) is 4.79 Å². The Morgan fingerprint density at radius 3 is 2.67 bits per heavy atom. The van der Waals surface area contributed by atoms with E-state index in [4.69, 9.17) is 11.6 Å². The first-order valence-electron chi connectivity index (χ1n) is 4.41. The quantitative estimate of drug-likeness (QED) is 0.784. The summed E-state index contributed by atoms with van der Waals surface area (Å²) in [6.45, 7) is 3.98. The average Bonchev–Trinajstić information content (AvgIpc) is 2.20. The molecule has 1 heterocycles. The van der Waals surface area contributed by atoms with E-state index in [0.29, 0.717) is 4.47 Å². The van der Waals surface area contributed by atoms with E-state index in [1.54, 1.807) is 6.07 Å². The van der Waals surface area contributed by atoms with Crippen LogP contribution >= 0.6 is 27.5 Å². The van der Waals surface area contributed by atoms with Crippen LogP contribution in [0.4, 0.5) is 0 Å². The van der Waals surface area contributed by atoms with Gasteiger partial charge in [-0.15, -0.1) is 0 Å². The van der Waals surface area contributed by atoms with Crippen molar-refractivity contribution in [1.29, 1.82) is 0 Å². The molecule has 0 unspecified atom stereocenters. The van der Waals surface area contributed by atoms with Crippen LogP contribution in [0, 0.1) is 0 Å². The van der Waals surface area contributed by atoms with Gasteiger partial charge in [0.1, 0.15) is 0 Å². The Morgan fingerprint density at radius 1 is 1.60 bits per heavy atom. The standard InChI is InChI=1S/C10H11BrClNO2/c1-5(2)7-4-6(11)8(12)9(13-7)10(14)15-3/h4-5H,1-3H3. The topological polar surface area (TPSA) is 39.2 Å². The van der Waals surface area contributed by atoms with Crippen LogP contribution in [-0.4, -0.2) is 18.1 Å². The summed E-state index contributed by atoms with van der Waals surface area (Å²) in [5, 5.41) is 0.284. The van der Waals surface area contributed by atoms with Gasteiger partial charge in [-0.25, -0.2) is 9.78 Å². The third-order valence-corrected chi connectivity index (χ3v) is 3.14. The van der Waals surface area contributed by atoms with E-state index in [1.807, 2.05) is 13.8 Å². The number of pyridine rings is 1. The number of ether oxygens (including phenoxy) is 1. The predicted molar refractivity (Wildman–Crippen MR) is 62.4 cm³/mol. The summed E-state index contributed by atoms with van der Waals surface area (Å²) in [4.78, 5) is 15.5. The monoisotopic (exact) mass is 291 g/mol. The van der Waals surface area contributed by atoms with E-state index < -0.39 is 5.97 Å². The van der Waals surface area contributed by atoms with E-state index >= 15 is 0 Å². The Hall–Kier alpha value is -0.610. The van der Waals surface area contributed by atoms with Crippen molar-refractivity contribution in [3.05, 3.63) is 26.9 Å². The van der Waals surface area contributed by atoms with Gasteiger partial charge in [0, 0.05) is 10.2 Å². The van der Waals surface area contributed by atoms with Crippen molar-refractivity contribution < 1.29 is 9.53 Å². The fraction of sp³-hybridized carbons (Fsp3) is 0.400. The van der Waals surface area contributed by atoms with Crippen molar-refractivity contribution in [1.82, 2.24) is 4.98 Å². The Kier molecular flexibility index (Phi) is 4.11. The Balaban J connectivity index is 3.31. The molecule has 0 fully saturated rings. The van der Waals surface area contributed by atoms with Crippen LogP contribution in [0.25, 0.3) is 0 Å². The molecule has 0 N–H and O–H groups in total. The molecule has 15 heavy (non-hydrogen) atoms. The summed E-state index contributed by atoms with van der Waals surface area (Å²) in [6.07, 6.45) is 0. The maximum atomic E-state index is 11.4. The zero-order chi connectivity index (χ0) is 11.6. The molecule has 0 aromatic carbocycles. The molecule has 0 aliphatic carbocycles. The number of aromatic nitrogens is 1. The maximum absolute atomic E-state index is 11.4. The zero-order valence-corrected chi connectivity index (χ0v) is 11.0. The van der Waals surface area contributed by atoms with E-state index in [2.05, 4.69) is 25.7 Å². The molecule has 5 heteroatoms. The molecule has 0 aliphatic rings. The summed E-state index contributed by atoms with van der Waals surface area (Å²) >= 11 is 9.22. The lowest BCUT2D eigenvalue weighted by Crippen LogP contribution is -2.08. The van der Waals surface area contributed by atoms with Gasteiger partial charge in [0.15, 0.2) is 5.69 Å². The van der Waals surface area contributed by atoms with E-state index in [1.165, 1.54) is 7.11 Å². The van der Waals surface area contributed by atoms with Crippen LogP contribution in [0.2, 0.25) is 5.02 Å². The van der Waals surface area contributed by atoms with Gasteiger partial charge in [-0.3, -0.25) is 0 Å². The fourth-order valence-electron chi connectivity index (χ4n) is 1.04. The molecule has 82 valence electrons. The van der Waals surface area contributed by atoms with Crippen molar-refractivity contribution in [2.45, 2.75) is 19.8 Å². The summed E-state index contributed by atoms with van der Waals surface area (Å²) in [5.41, 5.74) is 0.948. The highest BCUT2D eigenvalue weighted by atomic mass is 79.9. The first-order valence-corrected chi connectivity index (χ1v) is 5.58. The van der Waals surface area contributed by atoms with Crippen LogP contribution in [-0.2, 0) is 4.74 Å². The van der Waals surface area contributed by atoms with Gasteiger partial charge in [0.05, 0.1) is 12.1 Å². The summed E-state index contributed by atoms with van der Waals surface area (Å²) in [6, 6.07) is 1.80. The minimum Gasteiger partial charge on any atom is -0.464 e. The molecular weight excluding hydrogens is 281 g/mol. The number of carbonyl (C=O) groups excluding carboxylic acids is 1. The molecule has 1 rings (SSSR count). The lowest BCUT2D eigenvalue weighted by atomic mass is 10.1. The summed E-state index contributed by atoms with van der Waals surface area (Å²) in [7, 11) is 1.30. The summed E-state index contributed by atoms with van der Waals surface area (Å²) < 4.78 is 5.26. The first kappa shape index (κ1) is 12.5. The smallest absolute Gasteiger partial charge is 0.358 e. The van der Waals surface area contributed by atoms with Gasteiger partial charge in [0.25, 0.3) is 0 Å². The van der Waals surface area contributed by atoms with Gasteiger partial charge in [-0.05, 0) is 27.9 Å². The largest absolute Gasteiger partial charge is 0.464 e. The van der Waals surface area contributed by atoms with Crippen LogP contribution in [0.3, 0.4) is 0 Å². The molecule has 0 radical (unpaired) electrons. The zero-order valence-electron chi connectivity index (χ0n) is 8.67. The highest BCUT2D eigenvalue weighted by Gasteiger charge is 2.17. The molecule has 1 aromatic rings. The summed E-state index contributed by atoms with van der Waals surface area (Å²) in [5.74, 6) is -0.301. The van der Waals surface area contributed by atoms with Gasteiger partial charge >= 0.3 is 5.97 Å². The van der Waals surface area contributed by atoms with Crippen LogP contribution < -0.4 is 0 Å². The first-order chi connectivity index (χ1) is 6.97. The van der Waals surface area contributed by atoms with Gasteiger partial charge in [0.2, 0.25) is 0 Å². The number of carbonyl (C=O) groups is 1. The fourth-order valence-corrected chi connectivity index (χ4v) is 1.64. The highest BCUT2D eigenvalue weighted by Crippen LogP contribution is 2.28. The minimum atomic E-state index is -0.525. The Labute approximate surface area is 102 Å². The van der Waals surface area contributed by atoms with E-state index in [0.717, 1.165) is 5.69 Å². The SMILES string of the molecule is COC(=O)c1nc(C(C)C)cc(Br)c1Cl. The predicted octanol–water partition coefficient (Wildman–Crippen LogP) is 3.41. The molecule has 0 atom stereocenters. The van der Waals surface area contributed by atoms with Crippen molar-refractivity contribution in [2.24, 2.45) is 0 Å². The number of hydrogen-bond acceptors (Lipinski definition) is 3. The number of methoxy groups -OCH3 is 1. The second kappa shape index (κ2) is 4.94. The van der Waals surface area contributed by atoms with Crippen LogP contribution in [0.15, 0.2) is 10.5 Å². The molecular formula is C10H11BrClNO2. The van der Waals surface area contributed by atoms with Gasteiger partial charge in [-0.1, -0.05) is 25.4 Å². The normalized spacial score (nSPS) is 10.5. The molecule has 0 saturated heterocycles. The number of hydrogen-bond donors (Lipinski definition) is 0. The van der Waals surface area contributed by atoms with Crippen LogP contribution in [0.5, 0.6) is 0 Å². The average molecular weight is 293 g/mol. The number of rotatable bonds is 2. The van der Waals surface area contributed by atoms with Crippen LogP contribution in [0.1, 0.15) is 35.9 Å². The number of nitrogens with zero attached hydrogens (tertiary/aromatic N) is 1. The Bertz CT molecular complexity index is 393. The number of halogens is 2. The Morgan fingerprint density at radius 2 is 2.20 bits per heavy atom. The maximum Gasteiger partial charge on any atom is 0.358 e. The van der Waals surface area contributed by atoms with Crippen molar-refractivity contribution in [2.75, 3.05) is 7.11 Å². The molecule has 0 amide bonds. The van der Waals surface area contributed by atoms with Gasteiger partial charge in [-0.2, -0.15) is 0 Å². The number of esters is 1. The molecule has 1 aromatic heterocycles. The van der Waals surface area contributed by atoms with Gasteiger partial charge < -0.3 is 4.74 Å². The van der Waals surface area contributed by atoms with E-state index in [-0.39, 0.29) is 16.6 Å². The lowest BCUT2D eigenvalue weighted by Gasteiger charge is -2.09. The molecule has 0 bridgehead atoms. The van der Waals surface area contributed by atoms with Crippen molar-refractivity contribution in [3.63, 3.8) is 0 Å². The molecule has 0 aliphatic heterocycles. The molecule has 0 spiro atoms. The minimum absolute atomic E-state index is 0.150. The second-order valence-corrected chi connectivity index (χ2v) is 4.57. The van der Waals surface area contributed by atoms with Crippen molar-refractivity contribution in [3.8, 4) is 0 Å². The third-order valence-electron chi connectivity index (χ3n) is 1.90. The molecule has 0 saturated carbocycles. The highest BCUT2D eigenvalue weighted by molar-refractivity contribution is 9.10. The lowest BCUT2D eigenvalue weighted by molar-refractivity contribution is 0.0594. The second-order valence-electron chi connectivity index (χ2n) is 3.34.